The predicted molar refractivity (Wildman–Crippen MR) is 81.7 cm³/mol. The zero-order valence-corrected chi connectivity index (χ0v) is 12.9. The molecule has 120 valence electrons. The maximum atomic E-state index is 12.1. The number of benzene rings is 1. The average Bonchev–Trinajstić information content (AvgIpc) is 2.96. The number of ether oxygens (including phenoxy) is 3. The summed E-state index contributed by atoms with van der Waals surface area (Å²) in [6.45, 7) is 1.81. The molecule has 2 aliphatic rings. The molecule has 0 aromatic heterocycles. The van der Waals surface area contributed by atoms with Gasteiger partial charge in [-0.1, -0.05) is 18.2 Å². The van der Waals surface area contributed by atoms with Crippen molar-refractivity contribution in [2.45, 2.75) is 25.0 Å². The first-order valence-electron chi connectivity index (χ1n) is 7.87. The van der Waals surface area contributed by atoms with Gasteiger partial charge in [0, 0.05) is 31.6 Å². The van der Waals surface area contributed by atoms with E-state index in [0.29, 0.717) is 25.6 Å². The number of amides is 1. The lowest BCUT2D eigenvalue weighted by atomic mass is 9.67. The molecule has 1 aliphatic heterocycles. The van der Waals surface area contributed by atoms with E-state index in [1.807, 2.05) is 30.3 Å². The van der Waals surface area contributed by atoms with Crippen LogP contribution in [0.15, 0.2) is 30.3 Å². The number of para-hydroxylation sites is 1. The van der Waals surface area contributed by atoms with E-state index >= 15 is 0 Å². The molecule has 0 spiro atoms. The molecule has 0 radical (unpaired) electrons. The standard InChI is InChI=1S/C17H23NO4/c1-20-11-14-16(13-7-9-22-17(13)14)18-15(19)8-10-21-12-5-3-2-4-6-12/h2-6,13-14,16-17H,7-11H2,1H3,(H,18,19)/t13-,14+,16-,17-/m1/s1. The minimum atomic E-state index is 0.0346. The Bertz CT molecular complexity index is 493. The molecule has 1 aromatic rings. The Morgan fingerprint density at radius 1 is 1.36 bits per heavy atom. The Kier molecular flexibility index (Phi) is 4.95. The lowest BCUT2D eigenvalue weighted by Crippen LogP contribution is -2.62. The molecule has 1 aromatic carbocycles. The van der Waals surface area contributed by atoms with Gasteiger partial charge in [-0.05, 0) is 18.6 Å². The minimum Gasteiger partial charge on any atom is -0.493 e. The van der Waals surface area contributed by atoms with Gasteiger partial charge < -0.3 is 19.5 Å². The number of hydrogen-bond acceptors (Lipinski definition) is 4. The summed E-state index contributed by atoms with van der Waals surface area (Å²) in [5, 5.41) is 3.13. The van der Waals surface area contributed by atoms with Crippen LogP contribution in [0.1, 0.15) is 12.8 Å². The summed E-state index contributed by atoms with van der Waals surface area (Å²) in [6, 6.07) is 9.72. The van der Waals surface area contributed by atoms with E-state index in [9.17, 15) is 4.79 Å². The molecule has 3 rings (SSSR count). The number of fused-ring (bicyclic) bond motifs is 1. The van der Waals surface area contributed by atoms with E-state index in [1.54, 1.807) is 7.11 Å². The van der Waals surface area contributed by atoms with Crippen molar-refractivity contribution in [3.05, 3.63) is 30.3 Å². The fourth-order valence-corrected chi connectivity index (χ4v) is 3.47. The number of methoxy groups -OCH3 is 1. The number of hydrogen-bond donors (Lipinski definition) is 1. The van der Waals surface area contributed by atoms with Crippen LogP contribution in [0.25, 0.3) is 0 Å². The molecule has 1 saturated carbocycles. The van der Waals surface area contributed by atoms with Gasteiger partial charge in [-0.15, -0.1) is 0 Å². The van der Waals surface area contributed by atoms with Gasteiger partial charge in [-0.2, -0.15) is 0 Å². The van der Waals surface area contributed by atoms with Crippen LogP contribution >= 0.6 is 0 Å². The lowest BCUT2D eigenvalue weighted by molar-refractivity contribution is -0.130. The monoisotopic (exact) mass is 305 g/mol. The molecule has 1 heterocycles. The average molecular weight is 305 g/mol. The molecule has 5 heteroatoms. The second-order valence-corrected chi connectivity index (χ2v) is 5.91. The predicted octanol–water partition coefficient (Wildman–Crippen LogP) is 1.62. The molecule has 0 bridgehead atoms. The van der Waals surface area contributed by atoms with E-state index in [4.69, 9.17) is 14.2 Å². The molecule has 2 fully saturated rings. The van der Waals surface area contributed by atoms with Crippen molar-refractivity contribution >= 4 is 5.91 Å². The largest absolute Gasteiger partial charge is 0.493 e. The van der Waals surface area contributed by atoms with Crippen LogP contribution < -0.4 is 10.1 Å². The molecule has 1 N–H and O–H groups in total. The van der Waals surface area contributed by atoms with Gasteiger partial charge in [-0.25, -0.2) is 0 Å². The molecule has 4 atom stereocenters. The van der Waals surface area contributed by atoms with Crippen LogP contribution in [0.2, 0.25) is 0 Å². The van der Waals surface area contributed by atoms with Crippen LogP contribution in [0, 0.1) is 11.8 Å². The van der Waals surface area contributed by atoms with Crippen molar-refractivity contribution < 1.29 is 19.0 Å². The van der Waals surface area contributed by atoms with E-state index in [2.05, 4.69) is 5.32 Å². The van der Waals surface area contributed by atoms with Gasteiger partial charge in [0.15, 0.2) is 0 Å². The van der Waals surface area contributed by atoms with Crippen molar-refractivity contribution in [2.24, 2.45) is 11.8 Å². The van der Waals surface area contributed by atoms with E-state index in [-0.39, 0.29) is 24.0 Å². The number of rotatable bonds is 7. The molecule has 1 amide bonds. The molecule has 5 nitrogen and oxygen atoms in total. The Morgan fingerprint density at radius 2 is 2.18 bits per heavy atom. The quantitative estimate of drug-likeness (QED) is 0.832. The maximum Gasteiger partial charge on any atom is 0.223 e. The topological polar surface area (TPSA) is 56.8 Å². The normalized spacial score (nSPS) is 29.5. The van der Waals surface area contributed by atoms with Gasteiger partial charge in [0.05, 0.1) is 25.7 Å². The first kappa shape index (κ1) is 15.3. The Morgan fingerprint density at radius 3 is 2.95 bits per heavy atom. The van der Waals surface area contributed by atoms with E-state index < -0.39 is 0 Å². The van der Waals surface area contributed by atoms with E-state index in [0.717, 1.165) is 18.8 Å². The van der Waals surface area contributed by atoms with E-state index in [1.165, 1.54) is 0 Å². The first-order chi connectivity index (χ1) is 10.8. The highest BCUT2D eigenvalue weighted by molar-refractivity contribution is 5.76. The highest BCUT2D eigenvalue weighted by Crippen LogP contribution is 2.43. The second-order valence-electron chi connectivity index (χ2n) is 5.91. The van der Waals surface area contributed by atoms with Crippen LogP contribution in [0.5, 0.6) is 5.75 Å². The van der Waals surface area contributed by atoms with Crippen LogP contribution in [0.3, 0.4) is 0 Å². The van der Waals surface area contributed by atoms with Crippen molar-refractivity contribution in [1.29, 1.82) is 0 Å². The maximum absolute atomic E-state index is 12.1. The van der Waals surface area contributed by atoms with Crippen molar-refractivity contribution in [2.75, 3.05) is 26.9 Å². The third kappa shape index (κ3) is 3.25. The van der Waals surface area contributed by atoms with Gasteiger partial charge in [0.25, 0.3) is 0 Å². The Hall–Kier alpha value is -1.59. The fourth-order valence-electron chi connectivity index (χ4n) is 3.47. The third-order valence-corrected chi connectivity index (χ3v) is 4.56. The van der Waals surface area contributed by atoms with Crippen LogP contribution in [0.4, 0.5) is 0 Å². The minimum absolute atomic E-state index is 0.0346. The summed E-state index contributed by atoms with van der Waals surface area (Å²) < 4.78 is 16.5. The zero-order valence-electron chi connectivity index (χ0n) is 12.9. The molecule has 22 heavy (non-hydrogen) atoms. The molecule has 1 aliphatic carbocycles. The summed E-state index contributed by atoms with van der Waals surface area (Å²) in [5.41, 5.74) is 0. The lowest BCUT2D eigenvalue weighted by Gasteiger charge is -2.47. The SMILES string of the molecule is COC[C@H]1[C@H](NC(=O)CCOc2ccccc2)[C@H]2CCO[C@H]21. The van der Waals surface area contributed by atoms with Crippen molar-refractivity contribution in [3.63, 3.8) is 0 Å². The van der Waals surface area contributed by atoms with Crippen LogP contribution in [-0.2, 0) is 14.3 Å². The first-order valence-corrected chi connectivity index (χ1v) is 7.87. The fraction of sp³-hybridized carbons (Fsp3) is 0.588. The van der Waals surface area contributed by atoms with Gasteiger partial charge in [0.1, 0.15) is 5.75 Å². The van der Waals surface area contributed by atoms with Gasteiger partial charge >= 0.3 is 0 Å². The summed E-state index contributed by atoms with van der Waals surface area (Å²) in [7, 11) is 1.69. The summed E-state index contributed by atoms with van der Waals surface area (Å²) in [6.07, 6.45) is 1.64. The Labute approximate surface area is 130 Å². The smallest absolute Gasteiger partial charge is 0.223 e. The Balaban J connectivity index is 1.43. The number of nitrogens with one attached hydrogen (secondary N) is 1. The van der Waals surface area contributed by atoms with Gasteiger partial charge in [0.2, 0.25) is 5.91 Å². The second kappa shape index (κ2) is 7.11. The molecule has 1 saturated heterocycles. The third-order valence-electron chi connectivity index (χ3n) is 4.56. The van der Waals surface area contributed by atoms with Crippen molar-refractivity contribution in [3.8, 4) is 5.75 Å². The highest BCUT2D eigenvalue weighted by atomic mass is 16.5. The molecule has 0 unspecified atom stereocenters. The summed E-state index contributed by atoms with van der Waals surface area (Å²) in [5.74, 6) is 1.54. The van der Waals surface area contributed by atoms with Crippen LogP contribution in [-0.4, -0.2) is 45.0 Å². The number of carbonyl (C=O) groups is 1. The highest BCUT2D eigenvalue weighted by Gasteiger charge is 2.54. The summed E-state index contributed by atoms with van der Waals surface area (Å²) >= 11 is 0. The summed E-state index contributed by atoms with van der Waals surface area (Å²) in [4.78, 5) is 12.1. The number of carbonyl (C=O) groups excluding carboxylic acids is 1. The van der Waals surface area contributed by atoms with Gasteiger partial charge in [-0.3, -0.25) is 4.79 Å². The molecular weight excluding hydrogens is 282 g/mol. The zero-order chi connectivity index (χ0) is 15.4. The molecular formula is C17H23NO4. The van der Waals surface area contributed by atoms with Crippen molar-refractivity contribution in [1.82, 2.24) is 5.32 Å².